The van der Waals surface area contributed by atoms with E-state index in [4.69, 9.17) is 0 Å². The van der Waals surface area contributed by atoms with Gasteiger partial charge in [-0.25, -0.2) is 0 Å². The van der Waals surface area contributed by atoms with Gasteiger partial charge in [0.15, 0.2) is 0 Å². The van der Waals surface area contributed by atoms with Gasteiger partial charge in [0.25, 0.3) is 5.91 Å². The zero-order chi connectivity index (χ0) is 14.7. The maximum atomic E-state index is 12.6. The number of benzene rings is 1. The topological polar surface area (TPSA) is 49.4 Å². The molecule has 0 bridgehead atoms. The Morgan fingerprint density at radius 3 is 2.38 bits per heavy atom. The molecule has 1 saturated carbocycles. The summed E-state index contributed by atoms with van der Waals surface area (Å²) in [6.07, 6.45) is 6.41. The molecule has 1 heterocycles. The summed E-state index contributed by atoms with van der Waals surface area (Å²) in [5.74, 6) is 0.225. The molecule has 0 atom stereocenters. The van der Waals surface area contributed by atoms with Crippen LogP contribution in [0.15, 0.2) is 24.3 Å². The van der Waals surface area contributed by atoms with E-state index < -0.39 is 0 Å². The molecule has 1 saturated heterocycles. The number of nitrogens with one attached hydrogen (secondary N) is 1. The lowest BCUT2D eigenvalue weighted by atomic mass is 9.85. The van der Waals surface area contributed by atoms with Crippen molar-refractivity contribution in [2.75, 3.05) is 18.4 Å². The molecule has 1 N–H and O–H groups in total. The van der Waals surface area contributed by atoms with Crippen LogP contribution in [0.25, 0.3) is 0 Å². The lowest BCUT2D eigenvalue weighted by Gasteiger charge is -2.28. The molecule has 2 fully saturated rings. The van der Waals surface area contributed by atoms with Crippen LogP contribution in [0, 0.1) is 5.92 Å². The second-order valence-electron chi connectivity index (χ2n) is 6.02. The van der Waals surface area contributed by atoms with Crippen molar-refractivity contribution in [3.05, 3.63) is 29.8 Å². The first kappa shape index (κ1) is 14.1. The molecule has 112 valence electrons. The number of nitrogens with zero attached hydrogens (tertiary/aromatic N) is 1. The van der Waals surface area contributed by atoms with E-state index >= 15 is 0 Å². The van der Waals surface area contributed by atoms with Gasteiger partial charge in [0.2, 0.25) is 5.91 Å². The van der Waals surface area contributed by atoms with Crippen molar-refractivity contribution >= 4 is 17.5 Å². The van der Waals surface area contributed by atoms with Crippen molar-refractivity contribution in [1.29, 1.82) is 0 Å². The molecule has 0 radical (unpaired) electrons. The highest BCUT2D eigenvalue weighted by Gasteiger charge is 2.27. The van der Waals surface area contributed by atoms with Gasteiger partial charge < -0.3 is 10.2 Å². The number of piperidine rings is 1. The second kappa shape index (κ2) is 6.29. The Balaban J connectivity index is 1.74. The van der Waals surface area contributed by atoms with Crippen LogP contribution in [0.2, 0.25) is 0 Å². The van der Waals surface area contributed by atoms with Gasteiger partial charge in [-0.15, -0.1) is 0 Å². The highest BCUT2D eigenvalue weighted by Crippen LogP contribution is 2.28. The molecule has 4 nitrogen and oxygen atoms in total. The quantitative estimate of drug-likeness (QED) is 0.928. The predicted molar refractivity (Wildman–Crippen MR) is 82.2 cm³/mol. The van der Waals surface area contributed by atoms with E-state index in [9.17, 15) is 9.59 Å². The van der Waals surface area contributed by atoms with Gasteiger partial charge in [0.1, 0.15) is 0 Å². The molecule has 1 aromatic rings. The summed E-state index contributed by atoms with van der Waals surface area (Å²) in [6, 6.07) is 7.36. The number of amides is 2. The lowest BCUT2D eigenvalue weighted by molar-refractivity contribution is -0.122. The van der Waals surface area contributed by atoms with Crippen LogP contribution in [0.3, 0.4) is 0 Å². The third-order valence-electron chi connectivity index (χ3n) is 4.53. The Labute approximate surface area is 125 Å². The molecule has 4 heteroatoms. The average molecular weight is 286 g/mol. The van der Waals surface area contributed by atoms with E-state index in [-0.39, 0.29) is 17.7 Å². The van der Waals surface area contributed by atoms with Crippen LogP contribution in [0.4, 0.5) is 5.69 Å². The summed E-state index contributed by atoms with van der Waals surface area (Å²) in [7, 11) is 0. The minimum absolute atomic E-state index is 0.0409. The molecule has 2 aliphatic rings. The lowest BCUT2D eigenvalue weighted by Crippen LogP contribution is -2.36. The zero-order valence-electron chi connectivity index (χ0n) is 12.3. The smallest absolute Gasteiger partial charge is 0.255 e. The Morgan fingerprint density at radius 1 is 1.00 bits per heavy atom. The SMILES string of the molecule is O=C(Nc1ccccc1C(=O)N1CCCCC1)C1CCC1. The summed E-state index contributed by atoms with van der Waals surface area (Å²) in [4.78, 5) is 26.6. The molecule has 0 unspecified atom stereocenters. The minimum atomic E-state index is 0.0409. The molecule has 3 rings (SSSR count). The van der Waals surface area contributed by atoms with E-state index in [1.165, 1.54) is 6.42 Å². The standard InChI is InChI=1S/C17H22N2O2/c20-16(13-7-6-8-13)18-15-10-3-2-9-14(15)17(21)19-11-4-1-5-12-19/h2-3,9-10,13H,1,4-8,11-12H2,(H,18,20). The van der Waals surface area contributed by atoms with Gasteiger partial charge >= 0.3 is 0 Å². The fraction of sp³-hybridized carbons (Fsp3) is 0.529. The second-order valence-corrected chi connectivity index (χ2v) is 6.02. The minimum Gasteiger partial charge on any atom is -0.339 e. The van der Waals surface area contributed by atoms with Crippen molar-refractivity contribution in [2.24, 2.45) is 5.92 Å². The van der Waals surface area contributed by atoms with Gasteiger partial charge in [0, 0.05) is 19.0 Å². The molecule has 0 aromatic heterocycles. The first-order chi connectivity index (χ1) is 10.3. The third-order valence-corrected chi connectivity index (χ3v) is 4.53. The number of para-hydroxylation sites is 1. The Morgan fingerprint density at radius 2 is 1.71 bits per heavy atom. The Kier molecular flexibility index (Phi) is 4.23. The largest absolute Gasteiger partial charge is 0.339 e. The Bertz CT molecular complexity index is 531. The van der Waals surface area contributed by atoms with Crippen molar-refractivity contribution in [2.45, 2.75) is 38.5 Å². The first-order valence-electron chi connectivity index (χ1n) is 7.95. The molecule has 0 spiro atoms. The fourth-order valence-corrected chi connectivity index (χ4v) is 2.95. The fourth-order valence-electron chi connectivity index (χ4n) is 2.95. The molecular formula is C17H22N2O2. The number of rotatable bonds is 3. The van der Waals surface area contributed by atoms with Crippen molar-refractivity contribution in [3.8, 4) is 0 Å². The number of anilines is 1. The van der Waals surface area contributed by atoms with E-state index in [1.807, 2.05) is 29.2 Å². The molecule has 1 aromatic carbocycles. The van der Waals surface area contributed by atoms with Crippen LogP contribution >= 0.6 is 0 Å². The predicted octanol–water partition coefficient (Wildman–Crippen LogP) is 3.05. The number of hydrogen-bond acceptors (Lipinski definition) is 2. The van der Waals surface area contributed by atoms with Gasteiger partial charge in [-0.05, 0) is 44.2 Å². The number of carbonyl (C=O) groups excluding carboxylic acids is 2. The zero-order valence-corrected chi connectivity index (χ0v) is 12.3. The van der Waals surface area contributed by atoms with E-state index in [0.717, 1.165) is 45.2 Å². The van der Waals surface area contributed by atoms with Crippen molar-refractivity contribution < 1.29 is 9.59 Å². The number of likely N-dealkylation sites (tertiary alicyclic amines) is 1. The summed E-state index contributed by atoms with van der Waals surface area (Å²) < 4.78 is 0. The van der Waals surface area contributed by atoms with Gasteiger partial charge in [-0.3, -0.25) is 9.59 Å². The Hall–Kier alpha value is -1.84. The highest BCUT2D eigenvalue weighted by atomic mass is 16.2. The summed E-state index contributed by atoms with van der Waals surface area (Å²) in [5, 5.41) is 2.95. The van der Waals surface area contributed by atoms with Gasteiger partial charge in [-0.1, -0.05) is 18.6 Å². The molecular weight excluding hydrogens is 264 g/mol. The van der Waals surface area contributed by atoms with Crippen LogP contribution in [0.1, 0.15) is 48.9 Å². The van der Waals surface area contributed by atoms with E-state index in [1.54, 1.807) is 0 Å². The first-order valence-corrected chi connectivity index (χ1v) is 7.95. The summed E-state index contributed by atoms with van der Waals surface area (Å²) in [6.45, 7) is 1.65. The van der Waals surface area contributed by atoms with Gasteiger partial charge in [-0.2, -0.15) is 0 Å². The van der Waals surface area contributed by atoms with E-state index in [2.05, 4.69) is 5.32 Å². The molecule has 1 aliphatic carbocycles. The van der Waals surface area contributed by atoms with Gasteiger partial charge in [0.05, 0.1) is 11.3 Å². The van der Waals surface area contributed by atoms with Crippen LogP contribution < -0.4 is 5.32 Å². The summed E-state index contributed by atoms with van der Waals surface area (Å²) >= 11 is 0. The summed E-state index contributed by atoms with van der Waals surface area (Å²) in [5.41, 5.74) is 1.28. The number of hydrogen-bond donors (Lipinski definition) is 1. The number of carbonyl (C=O) groups is 2. The van der Waals surface area contributed by atoms with Crippen LogP contribution in [0.5, 0.6) is 0 Å². The highest BCUT2D eigenvalue weighted by molar-refractivity contribution is 6.04. The van der Waals surface area contributed by atoms with Crippen molar-refractivity contribution in [1.82, 2.24) is 4.90 Å². The van der Waals surface area contributed by atoms with Crippen LogP contribution in [-0.2, 0) is 4.79 Å². The average Bonchev–Trinajstić information content (AvgIpc) is 2.46. The maximum absolute atomic E-state index is 12.6. The third kappa shape index (κ3) is 3.09. The van der Waals surface area contributed by atoms with Crippen LogP contribution in [-0.4, -0.2) is 29.8 Å². The molecule has 1 aliphatic heterocycles. The van der Waals surface area contributed by atoms with Crippen molar-refractivity contribution in [3.63, 3.8) is 0 Å². The monoisotopic (exact) mass is 286 g/mol. The van der Waals surface area contributed by atoms with E-state index in [0.29, 0.717) is 11.3 Å². The normalized spacial score (nSPS) is 19.0. The molecule has 2 amide bonds. The maximum Gasteiger partial charge on any atom is 0.255 e. The molecule has 21 heavy (non-hydrogen) atoms.